The van der Waals surface area contributed by atoms with E-state index in [-0.39, 0.29) is 11.3 Å². The zero-order chi connectivity index (χ0) is 12.3. The second kappa shape index (κ2) is 4.51. The first-order valence-electron chi connectivity index (χ1n) is 4.52. The third-order valence-electron chi connectivity index (χ3n) is 2.20. The fourth-order valence-corrected chi connectivity index (χ4v) is 1.44. The molecule has 0 aromatic carbocycles. The van der Waals surface area contributed by atoms with Crippen molar-refractivity contribution in [2.45, 2.75) is 25.4 Å². The Morgan fingerprint density at radius 3 is 2.62 bits per heavy atom. The Hall–Kier alpha value is -1.59. The average molecular weight is 233 g/mol. The van der Waals surface area contributed by atoms with Gasteiger partial charge in [-0.3, -0.25) is 9.78 Å². The van der Waals surface area contributed by atoms with Crippen molar-refractivity contribution in [3.05, 3.63) is 29.6 Å². The third-order valence-corrected chi connectivity index (χ3v) is 2.20. The van der Waals surface area contributed by atoms with Crippen molar-refractivity contribution in [2.24, 2.45) is 0 Å². The summed E-state index contributed by atoms with van der Waals surface area (Å²) in [5.74, 6) is -3.48. The second-order valence-electron chi connectivity index (χ2n) is 3.37. The van der Waals surface area contributed by atoms with Crippen LogP contribution in [0, 0.1) is 6.92 Å². The van der Waals surface area contributed by atoms with Gasteiger partial charge in [0.25, 0.3) is 0 Å². The van der Waals surface area contributed by atoms with Gasteiger partial charge in [0, 0.05) is 11.9 Å². The summed E-state index contributed by atoms with van der Waals surface area (Å²) in [6.45, 7) is 1.43. The molecule has 1 aromatic heterocycles. The molecule has 1 heterocycles. The molecule has 16 heavy (non-hydrogen) atoms. The summed E-state index contributed by atoms with van der Waals surface area (Å²) in [5, 5.41) is 8.48. The van der Waals surface area contributed by atoms with E-state index in [0.717, 1.165) is 0 Å². The Labute approximate surface area is 89.9 Å². The number of aliphatic carboxylic acids is 1. The predicted octanol–water partition coefficient (Wildman–Crippen LogP) is 2.51. The van der Waals surface area contributed by atoms with Crippen molar-refractivity contribution in [1.82, 2.24) is 4.98 Å². The first-order chi connectivity index (χ1) is 7.32. The first kappa shape index (κ1) is 12.5. The molecule has 0 aliphatic rings. The van der Waals surface area contributed by atoms with E-state index in [4.69, 9.17) is 5.11 Å². The van der Waals surface area contributed by atoms with E-state index >= 15 is 0 Å². The van der Waals surface area contributed by atoms with Gasteiger partial charge in [-0.2, -0.15) is 13.2 Å². The zero-order valence-electron chi connectivity index (χ0n) is 8.45. The van der Waals surface area contributed by atoms with E-state index in [1.54, 1.807) is 0 Å². The van der Waals surface area contributed by atoms with Gasteiger partial charge in [0.05, 0.1) is 12.3 Å². The molecule has 88 valence electrons. The molecule has 1 aromatic rings. The maximum absolute atomic E-state index is 12.7. The van der Waals surface area contributed by atoms with Crippen LogP contribution in [0.4, 0.5) is 13.2 Å². The molecule has 1 atom stereocenters. The topological polar surface area (TPSA) is 50.2 Å². The Bertz CT molecular complexity index is 390. The lowest BCUT2D eigenvalue weighted by atomic mass is 9.94. The molecular weight excluding hydrogens is 223 g/mol. The molecule has 0 bridgehead atoms. The summed E-state index contributed by atoms with van der Waals surface area (Å²) in [4.78, 5) is 14.1. The van der Waals surface area contributed by atoms with Crippen LogP contribution in [-0.4, -0.2) is 22.2 Å². The summed E-state index contributed by atoms with van der Waals surface area (Å²) in [5.41, 5.74) is 0.114. The number of hydrogen-bond donors (Lipinski definition) is 1. The van der Waals surface area contributed by atoms with E-state index in [1.807, 2.05) is 0 Å². The van der Waals surface area contributed by atoms with Crippen molar-refractivity contribution in [1.29, 1.82) is 0 Å². The lowest BCUT2D eigenvalue weighted by Crippen LogP contribution is -2.24. The minimum atomic E-state index is -4.58. The number of nitrogens with zero attached hydrogens (tertiary/aromatic N) is 1. The van der Waals surface area contributed by atoms with E-state index in [9.17, 15) is 18.0 Å². The number of carbonyl (C=O) groups is 1. The van der Waals surface area contributed by atoms with Gasteiger partial charge < -0.3 is 5.11 Å². The maximum Gasteiger partial charge on any atom is 0.396 e. The standard InChI is InChI=1S/C10H10F3NO2/c1-6-7(3-2-4-14-6)8(5-9(15)16)10(11,12)13/h2-4,8H,5H2,1H3,(H,15,16). The van der Waals surface area contributed by atoms with Gasteiger partial charge in [-0.05, 0) is 18.6 Å². The van der Waals surface area contributed by atoms with Crippen LogP contribution in [0.3, 0.4) is 0 Å². The van der Waals surface area contributed by atoms with E-state index in [0.29, 0.717) is 0 Å². The van der Waals surface area contributed by atoms with Gasteiger partial charge in [-0.1, -0.05) is 6.07 Å². The number of alkyl halides is 3. The number of hydrogen-bond acceptors (Lipinski definition) is 2. The first-order valence-corrected chi connectivity index (χ1v) is 4.52. The summed E-state index contributed by atoms with van der Waals surface area (Å²) >= 11 is 0. The zero-order valence-corrected chi connectivity index (χ0v) is 8.45. The molecule has 0 spiro atoms. The smallest absolute Gasteiger partial charge is 0.396 e. The molecule has 1 unspecified atom stereocenters. The maximum atomic E-state index is 12.7. The molecule has 0 amide bonds. The summed E-state index contributed by atoms with van der Waals surface area (Å²) in [6.07, 6.45) is -4.19. The average Bonchev–Trinajstić information content (AvgIpc) is 2.13. The Morgan fingerprint density at radius 2 is 2.19 bits per heavy atom. The highest BCUT2D eigenvalue weighted by molar-refractivity contribution is 5.68. The molecule has 0 aliphatic carbocycles. The van der Waals surface area contributed by atoms with Gasteiger partial charge >= 0.3 is 12.1 Å². The van der Waals surface area contributed by atoms with Crippen molar-refractivity contribution in [2.75, 3.05) is 0 Å². The Balaban J connectivity index is 3.12. The largest absolute Gasteiger partial charge is 0.481 e. The molecule has 0 radical (unpaired) electrons. The lowest BCUT2D eigenvalue weighted by molar-refractivity contribution is -0.163. The highest BCUT2D eigenvalue weighted by Gasteiger charge is 2.42. The molecule has 1 N–H and O–H groups in total. The number of carboxylic acid groups (broad SMARTS) is 1. The summed E-state index contributed by atoms with van der Waals surface area (Å²) < 4.78 is 38.0. The fraction of sp³-hybridized carbons (Fsp3) is 0.400. The molecule has 3 nitrogen and oxygen atoms in total. The molecular formula is C10H10F3NO2. The van der Waals surface area contributed by atoms with Crippen LogP contribution >= 0.6 is 0 Å². The predicted molar refractivity (Wildman–Crippen MR) is 50.0 cm³/mol. The van der Waals surface area contributed by atoms with Crippen LogP contribution in [0.2, 0.25) is 0 Å². The summed E-state index contributed by atoms with van der Waals surface area (Å²) in [6, 6.07) is 2.62. The molecule has 6 heteroatoms. The SMILES string of the molecule is Cc1ncccc1C(CC(=O)O)C(F)(F)F. The normalized spacial score (nSPS) is 13.5. The third kappa shape index (κ3) is 2.95. The van der Waals surface area contributed by atoms with Crippen LogP contribution < -0.4 is 0 Å². The van der Waals surface area contributed by atoms with Crippen LogP contribution in [-0.2, 0) is 4.79 Å². The van der Waals surface area contributed by atoms with Gasteiger partial charge in [0.2, 0.25) is 0 Å². The molecule has 1 rings (SSSR count). The van der Waals surface area contributed by atoms with E-state index < -0.39 is 24.5 Å². The monoisotopic (exact) mass is 233 g/mol. The number of aromatic nitrogens is 1. The fourth-order valence-electron chi connectivity index (χ4n) is 1.44. The van der Waals surface area contributed by atoms with Crippen molar-refractivity contribution in [3.63, 3.8) is 0 Å². The number of aryl methyl sites for hydroxylation is 1. The molecule has 0 saturated carbocycles. The van der Waals surface area contributed by atoms with Gasteiger partial charge in [-0.15, -0.1) is 0 Å². The highest BCUT2D eigenvalue weighted by Crippen LogP contribution is 2.38. The number of halogens is 3. The highest BCUT2D eigenvalue weighted by atomic mass is 19.4. The Kier molecular flexibility index (Phi) is 3.51. The van der Waals surface area contributed by atoms with Crippen LogP contribution in [0.5, 0.6) is 0 Å². The van der Waals surface area contributed by atoms with E-state index in [1.165, 1.54) is 25.3 Å². The minimum absolute atomic E-state index is 0.0857. The molecule has 0 fully saturated rings. The lowest BCUT2D eigenvalue weighted by Gasteiger charge is -2.19. The second-order valence-corrected chi connectivity index (χ2v) is 3.37. The molecule has 0 aliphatic heterocycles. The number of pyridine rings is 1. The summed E-state index contributed by atoms with van der Waals surface area (Å²) in [7, 11) is 0. The van der Waals surface area contributed by atoms with E-state index in [2.05, 4.69) is 4.98 Å². The van der Waals surface area contributed by atoms with Crippen LogP contribution in [0.25, 0.3) is 0 Å². The number of rotatable bonds is 3. The van der Waals surface area contributed by atoms with Gasteiger partial charge in [0.15, 0.2) is 0 Å². The molecule has 0 saturated heterocycles. The van der Waals surface area contributed by atoms with Crippen LogP contribution in [0.1, 0.15) is 23.6 Å². The van der Waals surface area contributed by atoms with Gasteiger partial charge in [-0.25, -0.2) is 0 Å². The van der Waals surface area contributed by atoms with Crippen molar-refractivity contribution >= 4 is 5.97 Å². The van der Waals surface area contributed by atoms with Crippen molar-refractivity contribution < 1.29 is 23.1 Å². The quantitative estimate of drug-likeness (QED) is 0.872. The Morgan fingerprint density at radius 1 is 1.56 bits per heavy atom. The number of carboxylic acids is 1. The van der Waals surface area contributed by atoms with Crippen LogP contribution in [0.15, 0.2) is 18.3 Å². The van der Waals surface area contributed by atoms with Crippen molar-refractivity contribution in [3.8, 4) is 0 Å². The van der Waals surface area contributed by atoms with Gasteiger partial charge in [0.1, 0.15) is 0 Å². The minimum Gasteiger partial charge on any atom is -0.481 e.